The van der Waals surface area contributed by atoms with Crippen molar-refractivity contribution < 1.29 is 19.2 Å². The molecule has 1 amide bonds. The van der Waals surface area contributed by atoms with Crippen LogP contribution in [0.4, 0.5) is 5.69 Å². The molecule has 1 heterocycles. The quantitative estimate of drug-likeness (QED) is 0.351. The second-order valence-electron chi connectivity index (χ2n) is 6.09. The molecule has 1 aliphatic heterocycles. The minimum absolute atomic E-state index is 0.107. The Morgan fingerprint density at radius 2 is 1.81 bits per heavy atom. The van der Waals surface area contributed by atoms with Gasteiger partial charge in [-0.3, -0.25) is 14.9 Å². The summed E-state index contributed by atoms with van der Waals surface area (Å²) < 4.78 is 4.98. The molecule has 0 spiro atoms. The SMILES string of the molecule is O=C(/C=C/c1ccccc1[N+](=O)[O-])OCC(=O)N1CCc2ccccc2C1. The maximum atomic E-state index is 12.3. The number of para-hydroxylation sites is 1. The van der Waals surface area contributed by atoms with Gasteiger partial charge in [-0.1, -0.05) is 36.4 Å². The Balaban J connectivity index is 1.54. The number of nitrogens with zero attached hydrogens (tertiary/aromatic N) is 2. The van der Waals surface area contributed by atoms with Gasteiger partial charge in [0.15, 0.2) is 6.61 Å². The topological polar surface area (TPSA) is 89.7 Å². The zero-order chi connectivity index (χ0) is 19.2. The van der Waals surface area contributed by atoms with Crippen LogP contribution in [-0.4, -0.2) is 34.9 Å². The predicted octanol–water partition coefficient (Wildman–Crippen LogP) is 2.74. The van der Waals surface area contributed by atoms with E-state index in [2.05, 4.69) is 0 Å². The Morgan fingerprint density at radius 3 is 2.59 bits per heavy atom. The van der Waals surface area contributed by atoms with E-state index in [0.717, 1.165) is 18.1 Å². The highest BCUT2D eigenvalue weighted by molar-refractivity contribution is 5.90. The van der Waals surface area contributed by atoms with Crippen molar-refractivity contribution in [2.24, 2.45) is 0 Å². The van der Waals surface area contributed by atoms with Gasteiger partial charge >= 0.3 is 5.97 Å². The zero-order valence-corrected chi connectivity index (χ0v) is 14.5. The molecule has 2 aromatic rings. The molecule has 0 bridgehead atoms. The van der Waals surface area contributed by atoms with Crippen LogP contribution in [0.5, 0.6) is 0 Å². The molecule has 3 rings (SSSR count). The fourth-order valence-electron chi connectivity index (χ4n) is 2.93. The number of hydrogen-bond donors (Lipinski definition) is 0. The van der Waals surface area contributed by atoms with Crippen molar-refractivity contribution in [3.8, 4) is 0 Å². The standard InChI is InChI=1S/C20H18N2O5/c23-19(21-12-11-15-5-1-2-7-17(15)13-21)14-27-20(24)10-9-16-6-3-4-8-18(16)22(25)26/h1-10H,11-14H2/b10-9+. The summed E-state index contributed by atoms with van der Waals surface area (Å²) >= 11 is 0. The number of nitro benzene ring substituents is 1. The number of nitro groups is 1. The molecule has 0 atom stereocenters. The van der Waals surface area contributed by atoms with Gasteiger partial charge in [-0.05, 0) is 29.7 Å². The van der Waals surface area contributed by atoms with Gasteiger partial charge in [0.1, 0.15) is 0 Å². The van der Waals surface area contributed by atoms with Gasteiger partial charge in [-0.2, -0.15) is 0 Å². The summed E-state index contributed by atoms with van der Waals surface area (Å²) in [4.78, 5) is 36.2. The highest BCUT2D eigenvalue weighted by Gasteiger charge is 2.21. The van der Waals surface area contributed by atoms with Crippen molar-refractivity contribution in [3.05, 3.63) is 81.4 Å². The first-order valence-electron chi connectivity index (χ1n) is 8.47. The van der Waals surface area contributed by atoms with Crippen molar-refractivity contribution in [2.45, 2.75) is 13.0 Å². The number of hydrogen-bond acceptors (Lipinski definition) is 5. The second-order valence-corrected chi connectivity index (χ2v) is 6.09. The Labute approximate surface area is 156 Å². The van der Waals surface area contributed by atoms with E-state index in [-0.39, 0.29) is 18.2 Å². The lowest BCUT2D eigenvalue weighted by molar-refractivity contribution is -0.385. The van der Waals surface area contributed by atoms with Gasteiger partial charge in [-0.15, -0.1) is 0 Å². The van der Waals surface area contributed by atoms with E-state index in [0.29, 0.717) is 18.7 Å². The third kappa shape index (κ3) is 4.58. The van der Waals surface area contributed by atoms with Crippen molar-refractivity contribution in [3.63, 3.8) is 0 Å². The van der Waals surface area contributed by atoms with E-state index in [1.807, 2.05) is 24.3 Å². The van der Waals surface area contributed by atoms with Crippen molar-refractivity contribution in [2.75, 3.05) is 13.2 Å². The first-order chi connectivity index (χ1) is 13.0. The third-order valence-electron chi connectivity index (χ3n) is 4.35. The van der Waals surface area contributed by atoms with Gasteiger partial charge in [0.2, 0.25) is 0 Å². The second kappa shape index (κ2) is 8.27. The summed E-state index contributed by atoms with van der Waals surface area (Å²) in [7, 11) is 0. The molecule has 0 aromatic heterocycles. The molecule has 0 saturated carbocycles. The molecule has 2 aromatic carbocycles. The van der Waals surface area contributed by atoms with E-state index >= 15 is 0 Å². The highest BCUT2D eigenvalue weighted by Crippen LogP contribution is 2.20. The summed E-state index contributed by atoms with van der Waals surface area (Å²) in [5.41, 5.74) is 2.51. The number of rotatable bonds is 5. The smallest absolute Gasteiger partial charge is 0.331 e. The van der Waals surface area contributed by atoms with E-state index in [1.54, 1.807) is 17.0 Å². The number of amides is 1. The molecule has 0 fully saturated rings. The molecule has 0 unspecified atom stereocenters. The monoisotopic (exact) mass is 366 g/mol. The number of carbonyl (C=O) groups excluding carboxylic acids is 2. The Morgan fingerprint density at radius 1 is 1.11 bits per heavy atom. The predicted molar refractivity (Wildman–Crippen MR) is 98.7 cm³/mol. The normalized spacial score (nSPS) is 13.3. The average Bonchev–Trinajstić information content (AvgIpc) is 2.70. The molecule has 1 aliphatic rings. The van der Waals surface area contributed by atoms with Crippen LogP contribution in [0.15, 0.2) is 54.6 Å². The Bertz CT molecular complexity index is 907. The average molecular weight is 366 g/mol. The number of esters is 1. The third-order valence-corrected chi connectivity index (χ3v) is 4.35. The number of benzene rings is 2. The van der Waals surface area contributed by atoms with Gasteiger partial charge in [0, 0.05) is 25.2 Å². The molecule has 27 heavy (non-hydrogen) atoms. The van der Waals surface area contributed by atoms with Gasteiger partial charge < -0.3 is 9.64 Å². The van der Waals surface area contributed by atoms with Crippen LogP contribution in [0.3, 0.4) is 0 Å². The van der Waals surface area contributed by atoms with Crippen LogP contribution in [0.1, 0.15) is 16.7 Å². The lowest BCUT2D eigenvalue weighted by Crippen LogP contribution is -2.38. The van der Waals surface area contributed by atoms with Crippen LogP contribution in [0.25, 0.3) is 6.08 Å². The summed E-state index contributed by atoms with van der Waals surface area (Å²) in [5.74, 6) is -0.990. The molecule has 138 valence electrons. The number of carbonyl (C=O) groups is 2. The van der Waals surface area contributed by atoms with Crippen LogP contribution in [0.2, 0.25) is 0 Å². The Hall–Kier alpha value is -3.48. The first-order valence-corrected chi connectivity index (χ1v) is 8.47. The molecule has 7 nitrogen and oxygen atoms in total. The Kier molecular flexibility index (Phi) is 5.61. The molecule has 0 radical (unpaired) electrons. The minimum Gasteiger partial charge on any atom is -0.452 e. The zero-order valence-electron chi connectivity index (χ0n) is 14.5. The van der Waals surface area contributed by atoms with E-state index in [4.69, 9.17) is 4.74 Å². The highest BCUT2D eigenvalue weighted by atomic mass is 16.6. The molecule has 0 saturated heterocycles. The van der Waals surface area contributed by atoms with Gasteiger partial charge in [-0.25, -0.2) is 4.79 Å². The van der Waals surface area contributed by atoms with Gasteiger partial charge in [0.05, 0.1) is 10.5 Å². The lowest BCUT2D eigenvalue weighted by Gasteiger charge is -2.28. The molecular weight excluding hydrogens is 348 g/mol. The number of fused-ring (bicyclic) bond motifs is 1. The molecule has 7 heteroatoms. The summed E-state index contributed by atoms with van der Waals surface area (Å²) in [6, 6.07) is 14.0. The fourth-order valence-corrected chi connectivity index (χ4v) is 2.93. The molecule has 0 N–H and O–H groups in total. The minimum atomic E-state index is -0.723. The van der Waals surface area contributed by atoms with Crippen LogP contribution in [-0.2, 0) is 27.3 Å². The first kappa shape index (κ1) is 18.3. The van der Waals surface area contributed by atoms with Crippen molar-refractivity contribution in [1.82, 2.24) is 4.90 Å². The van der Waals surface area contributed by atoms with E-state index in [1.165, 1.54) is 23.8 Å². The van der Waals surface area contributed by atoms with Gasteiger partial charge in [0.25, 0.3) is 11.6 Å². The van der Waals surface area contributed by atoms with E-state index < -0.39 is 10.9 Å². The summed E-state index contributed by atoms with van der Waals surface area (Å²) in [5, 5.41) is 10.9. The lowest BCUT2D eigenvalue weighted by atomic mass is 10.00. The van der Waals surface area contributed by atoms with Crippen molar-refractivity contribution in [1.29, 1.82) is 0 Å². The fraction of sp³-hybridized carbons (Fsp3) is 0.200. The summed E-state index contributed by atoms with van der Waals surface area (Å²) in [6.07, 6.45) is 3.16. The largest absolute Gasteiger partial charge is 0.452 e. The molecule has 0 aliphatic carbocycles. The van der Waals surface area contributed by atoms with Crippen LogP contribution >= 0.6 is 0 Å². The maximum Gasteiger partial charge on any atom is 0.331 e. The van der Waals surface area contributed by atoms with Crippen LogP contribution < -0.4 is 0 Å². The number of ether oxygens (including phenoxy) is 1. The van der Waals surface area contributed by atoms with Crippen molar-refractivity contribution >= 4 is 23.6 Å². The molecular formula is C20H18N2O5. The van der Waals surface area contributed by atoms with Crippen LogP contribution in [0, 0.1) is 10.1 Å². The summed E-state index contributed by atoms with van der Waals surface area (Å²) in [6.45, 7) is 0.722. The maximum absolute atomic E-state index is 12.3. The van der Waals surface area contributed by atoms with E-state index in [9.17, 15) is 19.7 Å².